The number of hydrogen-bond acceptors (Lipinski definition) is 3. The van der Waals surface area contributed by atoms with Crippen LogP contribution >= 0.6 is 24.8 Å². The molecule has 2 N–H and O–H groups in total. The number of carbonyl (C=O) groups excluding carboxylic acids is 1. The topological polar surface area (TPSA) is 49.6 Å². The molecule has 0 radical (unpaired) electrons. The van der Waals surface area contributed by atoms with E-state index in [1.165, 1.54) is 11.1 Å². The minimum Gasteiger partial charge on any atom is -0.340 e. The lowest BCUT2D eigenvalue weighted by Gasteiger charge is -2.37. The lowest BCUT2D eigenvalue weighted by Crippen LogP contribution is -2.50. The van der Waals surface area contributed by atoms with Crippen LogP contribution in [0.15, 0.2) is 24.3 Å². The Balaban J connectivity index is 0.00000156. The van der Waals surface area contributed by atoms with Gasteiger partial charge in [0.1, 0.15) is 0 Å². The molecule has 4 nitrogen and oxygen atoms in total. The van der Waals surface area contributed by atoms with Gasteiger partial charge in [-0.15, -0.1) is 24.8 Å². The minimum atomic E-state index is 0. The third-order valence-corrected chi connectivity index (χ3v) is 5.24. The van der Waals surface area contributed by atoms with E-state index in [0.717, 1.165) is 58.4 Å². The van der Waals surface area contributed by atoms with Crippen LogP contribution in [0.4, 0.5) is 0 Å². The zero-order valence-electron chi connectivity index (χ0n) is 15.0. The van der Waals surface area contributed by atoms with Crippen LogP contribution in [0.25, 0.3) is 0 Å². The predicted molar refractivity (Wildman–Crippen MR) is 107 cm³/mol. The molecule has 0 spiro atoms. The number of benzene rings is 1. The molecule has 2 atom stereocenters. The van der Waals surface area contributed by atoms with E-state index < -0.39 is 0 Å². The lowest BCUT2D eigenvalue weighted by molar-refractivity contribution is -0.138. The molecule has 1 saturated carbocycles. The smallest absolute Gasteiger partial charge is 0.225 e. The number of nitrogens with two attached hydrogens (primary N) is 1. The first-order valence-electron chi connectivity index (χ1n) is 8.94. The number of piperazine rings is 1. The van der Waals surface area contributed by atoms with Crippen molar-refractivity contribution >= 4 is 30.7 Å². The van der Waals surface area contributed by atoms with Gasteiger partial charge in [0, 0.05) is 44.7 Å². The molecular formula is C19H31Cl2N3O. The lowest BCUT2D eigenvalue weighted by atomic mass is 9.85. The summed E-state index contributed by atoms with van der Waals surface area (Å²) in [6.45, 7) is 6.77. The van der Waals surface area contributed by atoms with Gasteiger partial charge >= 0.3 is 0 Å². The zero-order chi connectivity index (χ0) is 16.2. The Bertz CT molecular complexity index is 547. The Labute approximate surface area is 163 Å². The number of nitrogens with zero attached hydrogens (tertiary/aromatic N) is 2. The fourth-order valence-corrected chi connectivity index (χ4v) is 3.91. The molecule has 1 aromatic carbocycles. The second kappa shape index (κ2) is 10.4. The molecule has 1 aliphatic heterocycles. The molecule has 6 heteroatoms. The van der Waals surface area contributed by atoms with Crippen molar-refractivity contribution < 1.29 is 4.79 Å². The molecule has 1 saturated heterocycles. The summed E-state index contributed by atoms with van der Waals surface area (Å²) in [6, 6.07) is 8.92. The second-order valence-electron chi connectivity index (χ2n) is 7.21. The molecule has 1 heterocycles. The molecule has 1 aromatic rings. The van der Waals surface area contributed by atoms with Crippen molar-refractivity contribution in [1.29, 1.82) is 0 Å². The van der Waals surface area contributed by atoms with Crippen molar-refractivity contribution in [3.05, 3.63) is 35.4 Å². The number of hydrogen-bond donors (Lipinski definition) is 1. The Morgan fingerprint density at radius 3 is 2.52 bits per heavy atom. The van der Waals surface area contributed by atoms with E-state index in [4.69, 9.17) is 5.73 Å². The molecule has 1 amide bonds. The first-order chi connectivity index (χ1) is 11.1. The van der Waals surface area contributed by atoms with Crippen LogP contribution in [0.2, 0.25) is 0 Å². The fourth-order valence-electron chi connectivity index (χ4n) is 3.91. The van der Waals surface area contributed by atoms with Crippen molar-refractivity contribution in [2.24, 2.45) is 11.7 Å². The first-order valence-corrected chi connectivity index (χ1v) is 8.94. The Morgan fingerprint density at radius 2 is 1.88 bits per heavy atom. The molecule has 2 unspecified atom stereocenters. The Morgan fingerprint density at radius 1 is 1.16 bits per heavy atom. The highest BCUT2D eigenvalue weighted by Crippen LogP contribution is 2.25. The summed E-state index contributed by atoms with van der Waals surface area (Å²) in [4.78, 5) is 17.2. The number of carbonyl (C=O) groups is 1. The first kappa shape index (κ1) is 22.2. The van der Waals surface area contributed by atoms with Gasteiger partial charge in [-0.1, -0.05) is 36.2 Å². The monoisotopic (exact) mass is 387 g/mol. The third kappa shape index (κ3) is 6.14. The summed E-state index contributed by atoms with van der Waals surface area (Å²) in [7, 11) is 0. The summed E-state index contributed by atoms with van der Waals surface area (Å²) in [5.74, 6) is 0.512. The van der Waals surface area contributed by atoms with E-state index in [-0.39, 0.29) is 36.8 Å². The normalized spacial score (nSPS) is 24.2. The minimum absolute atomic E-state index is 0. The van der Waals surface area contributed by atoms with E-state index in [0.29, 0.717) is 5.91 Å². The number of rotatable bonds is 3. The van der Waals surface area contributed by atoms with Gasteiger partial charge in [-0.05, 0) is 31.7 Å². The van der Waals surface area contributed by atoms with Crippen LogP contribution in [0, 0.1) is 12.8 Å². The quantitative estimate of drug-likeness (QED) is 0.866. The maximum Gasteiger partial charge on any atom is 0.225 e. The average molecular weight is 388 g/mol. The summed E-state index contributed by atoms with van der Waals surface area (Å²) in [5, 5.41) is 0. The SMILES string of the molecule is Cc1cccc(CN2CCN(C(=O)C3CCCC(N)C3)CC2)c1.Cl.Cl. The molecular weight excluding hydrogens is 357 g/mol. The number of amides is 1. The van der Waals surface area contributed by atoms with Crippen molar-refractivity contribution in [2.75, 3.05) is 26.2 Å². The molecule has 3 rings (SSSR count). The van der Waals surface area contributed by atoms with Crippen molar-refractivity contribution in [2.45, 2.75) is 45.2 Å². The standard InChI is InChI=1S/C19H29N3O.2ClH/c1-15-4-2-5-16(12-15)14-21-8-10-22(11-9-21)19(23)17-6-3-7-18(20)13-17;;/h2,4-5,12,17-18H,3,6-11,13-14,20H2,1H3;2*1H. The Kier molecular flexibility index (Phi) is 9.22. The molecule has 142 valence electrons. The van der Waals surface area contributed by atoms with Crippen LogP contribution in [0.5, 0.6) is 0 Å². The van der Waals surface area contributed by atoms with Crippen LogP contribution in [0.3, 0.4) is 0 Å². The average Bonchev–Trinajstić information content (AvgIpc) is 2.55. The summed E-state index contributed by atoms with van der Waals surface area (Å²) < 4.78 is 0. The molecule has 0 aromatic heterocycles. The third-order valence-electron chi connectivity index (χ3n) is 5.24. The molecule has 2 fully saturated rings. The molecule has 1 aliphatic carbocycles. The van der Waals surface area contributed by atoms with Crippen molar-refractivity contribution in [1.82, 2.24) is 9.80 Å². The van der Waals surface area contributed by atoms with Gasteiger partial charge in [0.25, 0.3) is 0 Å². The largest absolute Gasteiger partial charge is 0.340 e. The van der Waals surface area contributed by atoms with Gasteiger partial charge in [0.2, 0.25) is 5.91 Å². The van der Waals surface area contributed by atoms with E-state index in [1.54, 1.807) is 0 Å². The van der Waals surface area contributed by atoms with Gasteiger partial charge in [0.05, 0.1) is 0 Å². The van der Waals surface area contributed by atoms with Crippen LogP contribution in [-0.4, -0.2) is 47.9 Å². The highest BCUT2D eigenvalue weighted by molar-refractivity contribution is 5.85. The van der Waals surface area contributed by atoms with Gasteiger partial charge in [-0.2, -0.15) is 0 Å². The van der Waals surface area contributed by atoms with Crippen LogP contribution < -0.4 is 5.73 Å². The zero-order valence-corrected chi connectivity index (χ0v) is 16.7. The second-order valence-corrected chi connectivity index (χ2v) is 7.21. The summed E-state index contributed by atoms with van der Waals surface area (Å²) >= 11 is 0. The predicted octanol–water partition coefficient (Wildman–Crippen LogP) is 3.00. The molecule has 0 bridgehead atoms. The van der Waals surface area contributed by atoms with Gasteiger partial charge < -0.3 is 10.6 Å². The summed E-state index contributed by atoms with van der Waals surface area (Å²) in [5.41, 5.74) is 8.71. The maximum atomic E-state index is 12.7. The van der Waals surface area contributed by atoms with E-state index in [9.17, 15) is 4.79 Å². The van der Waals surface area contributed by atoms with E-state index in [2.05, 4.69) is 41.0 Å². The van der Waals surface area contributed by atoms with Gasteiger partial charge in [-0.3, -0.25) is 9.69 Å². The fraction of sp³-hybridized carbons (Fsp3) is 0.632. The van der Waals surface area contributed by atoms with Crippen molar-refractivity contribution in [3.63, 3.8) is 0 Å². The van der Waals surface area contributed by atoms with Gasteiger partial charge in [0.15, 0.2) is 0 Å². The van der Waals surface area contributed by atoms with Gasteiger partial charge in [-0.25, -0.2) is 0 Å². The highest BCUT2D eigenvalue weighted by Gasteiger charge is 2.30. The molecule has 2 aliphatic rings. The highest BCUT2D eigenvalue weighted by atomic mass is 35.5. The van der Waals surface area contributed by atoms with Crippen molar-refractivity contribution in [3.8, 4) is 0 Å². The number of halogens is 2. The summed E-state index contributed by atoms with van der Waals surface area (Å²) in [6.07, 6.45) is 4.08. The van der Waals surface area contributed by atoms with Crippen LogP contribution in [0.1, 0.15) is 36.8 Å². The number of aryl methyl sites for hydroxylation is 1. The van der Waals surface area contributed by atoms with E-state index >= 15 is 0 Å². The molecule has 25 heavy (non-hydrogen) atoms. The Hall–Kier alpha value is -0.810. The van der Waals surface area contributed by atoms with E-state index in [1.807, 2.05) is 0 Å². The maximum absolute atomic E-state index is 12.7. The van der Waals surface area contributed by atoms with Crippen LogP contribution in [-0.2, 0) is 11.3 Å².